The largest absolute Gasteiger partial charge is 0.317 e. The molecule has 4 aromatic heterocycles. The fourth-order valence-electron chi connectivity index (χ4n) is 7.83. The van der Waals surface area contributed by atoms with Crippen LogP contribution in [-0.2, 0) is 0 Å². The van der Waals surface area contributed by atoms with Crippen LogP contribution in [0.5, 0.6) is 0 Å². The van der Waals surface area contributed by atoms with Gasteiger partial charge in [0.15, 0.2) is 5.82 Å². The maximum absolute atomic E-state index is 5.22. The van der Waals surface area contributed by atoms with Gasteiger partial charge in [0.2, 0.25) is 0 Å². The number of fused-ring (bicyclic) bond motifs is 9. The minimum absolute atomic E-state index is 0.712. The third kappa shape index (κ3) is 4.32. The van der Waals surface area contributed by atoms with E-state index >= 15 is 0 Å². The minimum atomic E-state index is 0.712. The molecule has 0 aliphatic heterocycles. The van der Waals surface area contributed by atoms with E-state index < -0.39 is 0 Å². The van der Waals surface area contributed by atoms with Gasteiger partial charge in [-0.2, -0.15) is 0 Å². The summed E-state index contributed by atoms with van der Waals surface area (Å²) in [4.78, 5) is 10.3. The maximum Gasteiger partial charge on any atom is 0.160 e. The molecule has 238 valence electrons. The molecular formula is C46H28N4S. The zero-order valence-corrected chi connectivity index (χ0v) is 28.2. The van der Waals surface area contributed by atoms with Crippen molar-refractivity contribution in [1.82, 2.24) is 19.1 Å². The molecule has 0 amide bonds. The van der Waals surface area contributed by atoms with Gasteiger partial charge in [0, 0.05) is 70.4 Å². The molecule has 11 rings (SSSR count). The zero-order valence-electron chi connectivity index (χ0n) is 27.4. The minimum Gasteiger partial charge on any atom is -0.317 e. The van der Waals surface area contributed by atoms with Gasteiger partial charge in [-0.1, -0.05) is 103 Å². The SMILES string of the molecule is c1ccc(-c2nc(-c3cccc(-n4c5cc6ccn(-c7ccccc7)c6cc5c5ccc6sc7ccccc7c6c54)c3)nc3ccccc23)cc1. The molecule has 4 heterocycles. The van der Waals surface area contributed by atoms with Crippen molar-refractivity contribution in [2.45, 2.75) is 0 Å². The summed E-state index contributed by atoms with van der Waals surface area (Å²) in [6.07, 6.45) is 2.18. The van der Waals surface area contributed by atoms with E-state index in [-0.39, 0.29) is 0 Å². The number of aromatic nitrogens is 4. The topological polar surface area (TPSA) is 35.6 Å². The summed E-state index contributed by atoms with van der Waals surface area (Å²) < 4.78 is 7.34. The Morgan fingerprint density at radius 2 is 1.22 bits per heavy atom. The summed E-state index contributed by atoms with van der Waals surface area (Å²) in [5.41, 5.74) is 9.74. The summed E-state index contributed by atoms with van der Waals surface area (Å²) in [6.45, 7) is 0. The van der Waals surface area contributed by atoms with Gasteiger partial charge in [-0.05, 0) is 60.7 Å². The van der Waals surface area contributed by atoms with Crippen LogP contribution in [-0.4, -0.2) is 19.1 Å². The lowest BCUT2D eigenvalue weighted by molar-refractivity contribution is 1.13. The van der Waals surface area contributed by atoms with Gasteiger partial charge in [0.1, 0.15) is 0 Å². The summed E-state index contributed by atoms with van der Waals surface area (Å²) in [5, 5.41) is 7.28. The number of thiophene rings is 1. The maximum atomic E-state index is 5.22. The van der Waals surface area contributed by atoms with Crippen molar-refractivity contribution in [3.05, 3.63) is 170 Å². The predicted molar refractivity (Wildman–Crippen MR) is 214 cm³/mol. The summed E-state index contributed by atoms with van der Waals surface area (Å²) in [7, 11) is 0. The molecule has 0 unspecified atom stereocenters. The molecule has 5 heteroatoms. The van der Waals surface area contributed by atoms with Gasteiger partial charge < -0.3 is 9.13 Å². The van der Waals surface area contributed by atoms with Crippen molar-refractivity contribution >= 4 is 75.1 Å². The number of para-hydroxylation sites is 2. The highest BCUT2D eigenvalue weighted by Crippen LogP contribution is 2.44. The second kappa shape index (κ2) is 11.0. The quantitative estimate of drug-likeness (QED) is 0.187. The van der Waals surface area contributed by atoms with Crippen LogP contribution >= 0.6 is 11.3 Å². The number of nitrogens with zero attached hydrogens (tertiary/aromatic N) is 4. The molecule has 0 atom stereocenters. The smallest absolute Gasteiger partial charge is 0.160 e. The summed E-state index contributed by atoms with van der Waals surface area (Å²) in [6, 6.07) is 58.4. The molecular weight excluding hydrogens is 641 g/mol. The lowest BCUT2D eigenvalue weighted by Gasteiger charge is -2.13. The van der Waals surface area contributed by atoms with E-state index in [1.54, 1.807) is 0 Å². The molecule has 11 aromatic rings. The van der Waals surface area contributed by atoms with E-state index in [9.17, 15) is 0 Å². The van der Waals surface area contributed by atoms with Crippen molar-refractivity contribution in [1.29, 1.82) is 0 Å². The van der Waals surface area contributed by atoms with Crippen LogP contribution in [0, 0.1) is 0 Å². The van der Waals surface area contributed by atoms with Crippen LogP contribution in [0.15, 0.2) is 170 Å². The van der Waals surface area contributed by atoms with E-state index in [0.717, 1.165) is 39.1 Å². The lowest BCUT2D eigenvalue weighted by atomic mass is 10.1. The Hall–Kier alpha value is -6.56. The third-order valence-electron chi connectivity index (χ3n) is 10.1. The molecule has 0 radical (unpaired) electrons. The Balaban J connectivity index is 1.21. The Bertz CT molecular complexity index is 3130. The number of hydrogen-bond acceptors (Lipinski definition) is 3. The Morgan fingerprint density at radius 1 is 0.471 bits per heavy atom. The molecule has 7 aromatic carbocycles. The van der Waals surface area contributed by atoms with Gasteiger partial charge in [-0.15, -0.1) is 11.3 Å². The van der Waals surface area contributed by atoms with Crippen LogP contribution in [0.3, 0.4) is 0 Å². The van der Waals surface area contributed by atoms with E-state index in [1.165, 1.54) is 52.9 Å². The molecule has 0 aliphatic carbocycles. The molecule has 0 saturated carbocycles. The third-order valence-corrected chi connectivity index (χ3v) is 11.3. The Kier molecular flexibility index (Phi) is 6.09. The first-order valence-corrected chi connectivity index (χ1v) is 18.0. The highest BCUT2D eigenvalue weighted by atomic mass is 32.1. The van der Waals surface area contributed by atoms with Gasteiger partial charge in [-0.3, -0.25) is 0 Å². The Morgan fingerprint density at radius 3 is 2.10 bits per heavy atom. The number of benzene rings is 7. The van der Waals surface area contributed by atoms with E-state index in [2.05, 4.69) is 167 Å². The second-order valence-corrected chi connectivity index (χ2v) is 14.1. The molecule has 0 bridgehead atoms. The number of hydrogen-bond donors (Lipinski definition) is 0. The summed E-state index contributed by atoms with van der Waals surface area (Å²) >= 11 is 1.86. The highest BCUT2D eigenvalue weighted by molar-refractivity contribution is 7.26. The fourth-order valence-corrected chi connectivity index (χ4v) is 8.94. The molecule has 0 spiro atoms. The molecule has 0 saturated heterocycles. The number of rotatable bonds is 4. The predicted octanol–water partition coefficient (Wildman–Crippen LogP) is 12.4. The summed E-state index contributed by atoms with van der Waals surface area (Å²) in [5.74, 6) is 0.712. The van der Waals surface area contributed by atoms with Gasteiger partial charge in [-0.25, -0.2) is 9.97 Å². The van der Waals surface area contributed by atoms with Crippen molar-refractivity contribution in [3.8, 4) is 34.0 Å². The van der Waals surface area contributed by atoms with Crippen molar-refractivity contribution in [2.75, 3.05) is 0 Å². The van der Waals surface area contributed by atoms with Gasteiger partial charge >= 0.3 is 0 Å². The second-order valence-electron chi connectivity index (χ2n) is 13.0. The zero-order chi connectivity index (χ0) is 33.5. The first kappa shape index (κ1) is 28.3. The van der Waals surface area contributed by atoms with E-state index in [1.807, 2.05) is 23.5 Å². The molecule has 51 heavy (non-hydrogen) atoms. The normalized spacial score (nSPS) is 11.9. The fraction of sp³-hybridized carbons (Fsp3) is 0. The highest BCUT2D eigenvalue weighted by Gasteiger charge is 2.20. The van der Waals surface area contributed by atoms with Crippen LogP contribution < -0.4 is 0 Å². The standard InChI is InChI=1S/C46H28N4S/c1-3-12-29(13-4-1)44-35-18-7-9-20-38(35)47-46(48-44)31-14-11-17-33(26-31)50-40-27-30-24-25-49(32-15-5-2-6-16-32)39(30)28-37(40)34-22-23-42-43(45(34)50)36-19-8-10-21-41(36)51-42/h1-28H. The Labute approximate surface area is 297 Å². The van der Waals surface area contributed by atoms with Crippen LogP contribution in [0.2, 0.25) is 0 Å². The molecule has 4 nitrogen and oxygen atoms in total. The van der Waals surface area contributed by atoms with Crippen LogP contribution in [0.25, 0.3) is 97.8 Å². The van der Waals surface area contributed by atoms with Crippen LogP contribution in [0.4, 0.5) is 0 Å². The van der Waals surface area contributed by atoms with Gasteiger partial charge in [0.25, 0.3) is 0 Å². The molecule has 0 N–H and O–H groups in total. The first-order valence-electron chi connectivity index (χ1n) is 17.2. The van der Waals surface area contributed by atoms with Crippen molar-refractivity contribution < 1.29 is 0 Å². The van der Waals surface area contributed by atoms with E-state index in [4.69, 9.17) is 9.97 Å². The van der Waals surface area contributed by atoms with Gasteiger partial charge in [0.05, 0.1) is 27.8 Å². The van der Waals surface area contributed by atoms with Crippen molar-refractivity contribution in [2.24, 2.45) is 0 Å². The van der Waals surface area contributed by atoms with Crippen LogP contribution in [0.1, 0.15) is 0 Å². The average molecular weight is 669 g/mol. The van der Waals surface area contributed by atoms with E-state index in [0.29, 0.717) is 5.82 Å². The average Bonchev–Trinajstić information content (AvgIpc) is 3.88. The first-order chi connectivity index (χ1) is 25.3. The molecule has 0 fully saturated rings. The monoisotopic (exact) mass is 668 g/mol. The van der Waals surface area contributed by atoms with Crippen molar-refractivity contribution in [3.63, 3.8) is 0 Å². The lowest BCUT2D eigenvalue weighted by Crippen LogP contribution is -1.98. The molecule has 0 aliphatic rings.